The average molecular weight is 440 g/mol. The maximum atomic E-state index is 12.8. The number of amides is 2. The molecular weight excluding hydrogens is 412 g/mol. The van der Waals surface area contributed by atoms with Gasteiger partial charge in [-0.2, -0.15) is 0 Å². The standard InChI is InChI=1S/C24H28N2O6/c1-3-31-24(29)32-21-10-6-18(7-11-21)23(28)26-14-12-19(13-15-26)25-22(27)16-17-4-8-20(30-2)9-5-17/h4-11,19H,3,12-16H2,1-2H3,(H,25,27). The number of ether oxygens (including phenoxy) is 3. The highest BCUT2D eigenvalue weighted by Gasteiger charge is 2.24. The van der Waals surface area contributed by atoms with Gasteiger partial charge in [-0.15, -0.1) is 0 Å². The van der Waals surface area contributed by atoms with Crippen LogP contribution in [-0.4, -0.2) is 55.7 Å². The molecule has 8 heteroatoms. The van der Waals surface area contributed by atoms with Gasteiger partial charge in [-0.25, -0.2) is 4.79 Å². The summed E-state index contributed by atoms with van der Waals surface area (Å²) in [6.07, 6.45) is 0.931. The van der Waals surface area contributed by atoms with Gasteiger partial charge in [0.15, 0.2) is 0 Å². The van der Waals surface area contributed by atoms with Gasteiger partial charge in [0.2, 0.25) is 5.91 Å². The largest absolute Gasteiger partial charge is 0.513 e. The number of hydrogen-bond acceptors (Lipinski definition) is 6. The summed E-state index contributed by atoms with van der Waals surface area (Å²) < 4.78 is 14.9. The molecule has 1 heterocycles. The van der Waals surface area contributed by atoms with Crippen LogP contribution in [-0.2, 0) is 16.0 Å². The first-order valence-corrected chi connectivity index (χ1v) is 10.6. The first kappa shape index (κ1) is 23.1. The summed E-state index contributed by atoms with van der Waals surface area (Å²) in [5, 5.41) is 3.06. The average Bonchev–Trinajstić information content (AvgIpc) is 2.80. The molecule has 0 aliphatic carbocycles. The molecule has 8 nitrogen and oxygen atoms in total. The van der Waals surface area contributed by atoms with Gasteiger partial charge in [0.05, 0.1) is 20.1 Å². The number of carbonyl (C=O) groups excluding carboxylic acids is 3. The number of hydrogen-bond donors (Lipinski definition) is 1. The molecule has 0 atom stereocenters. The van der Waals surface area contributed by atoms with Crippen LogP contribution in [0.3, 0.4) is 0 Å². The molecule has 170 valence electrons. The summed E-state index contributed by atoms with van der Waals surface area (Å²) in [4.78, 5) is 38.2. The molecule has 2 amide bonds. The van der Waals surface area contributed by atoms with Crippen molar-refractivity contribution in [1.29, 1.82) is 0 Å². The summed E-state index contributed by atoms with van der Waals surface area (Å²) in [5.74, 6) is 0.957. The molecule has 1 aliphatic rings. The first-order valence-electron chi connectivity index (χ1n) is 10.6. The zero-order valence-electron chi connectivity index (χ0n) is 18.3. The van der Waals surface area contributed by atoms with Crippen molar-refractivity contribution in [3.05, 3.63) is 59.7 Å². The minimum Gasteiger partial charge on any atom is -0.497 e. The lowest BCUT2D eigenvalue weighted by Crippen LogP contribution is -2.46. The molecule has 0 radical (unpaired) electrons. The van der Waals surface area contributed by atoms with E-state index in [1.165, 1.54) is 0 Å². The maximum Gasteiger partial charge on any atom is 0.513 e. The molecule has 1 aliphatic heterocycles. The van der Waals surface area contributed by atoms with E-state index in [1.54, 1.807) is 43.2 Å². The third-order valence-corrected chi connectivity index (χ3v) is 5.24. The normalized spacial score (nSPS) is 13.9. The summed E-state index contributed by atoms with van der Waals surface area (Å²) in [5.41, 5.74) is 1.44. The van der Waals surface area contributed by atoms with Crippen LogP contribution in [0.25, 0.3) is 0 Å². The number of nitrogens with one attached hydrogen (secondary N) is 1. The number of piperidine rings is 1. The van der Waals surface area contributed by atoms with Crippen LogP contribution in [0.2, 0.25) is 0 Å². The third kappa shape index (κ3) is 6.47. The van der Waals surface area contributed by atoms with E-state index >= 15 is 0 Å². The number of likely N-dealkylation sites (tertiary alicyclic amines) is 1. The Bertz CT molecular complexity index is 919. The molecular formula is C24H28N2O6. The molecule has 2 aromatic carbocycles. The van der Waals surface area contributed by atoms with Crippen LogP contribution in [0.5, 0.6) is 11.5 Å². The van der Waals surface area contributed by atoms with Gasteiger partial charge in [0.25, 0.3) is 5.91 Å². The summed E-state index contributed by atoms with van der Waals surface area (Å²) in [7, 11) is 1.61. The second kappa shape index (κ2) is 11.2. The molecule has 0 bridgehead atoms. The number of rotatable bonds is 7. The molecule has 0 saturated carbocycles. The molecule has 0 aromatic heterocycles. The van der Waals surface area contributed by atoms with E-state index in [9.17, 15) is 14.4 Å². The van der Waals surface area contributed by atoms with Crippen molar-refractivity contribution >= 4 is 18.0 Å². The van der Waals surface area contributed by atoms with E-state index in [1.807, 2.05) is 24.3 Å². The van der Waals surface area contributed by atoms with Gasteiger partial charge in [-0.3, -0.25) is 9.59 Å². The van der Waals surface area contributed by atoms with Crippen LogP contribution in [0.1, 0.15) is 35.7 Å². The van der Waals surface area contributed by atoms with E-state index in [0.717, 1.165) is 11.3 Å². The topological polar surface area (TPSA) is 94.2 Å². The SMILES string of the molecule is CCOC(=O)Oc1ccc(C(=O)N2CCC(NC(=O)Cc3ccc(OC)cc3)CC2)cc1. The summed E-state index contributed by atoms with van der Waals surface area (Å²) in [6, 6.07) is 13.9. The quantitative estimate of drug-likeness (QED) is 0.525. The van der Waals surface area contributed by atoms with Crippen LogP contribution >= 0.6 is 0 Å². The van der Waals surface area contributed by atoms with Crippen molar-refractivity contribution in [2.75, 3.05) is 26.8 Å². The Morgan fingerprint density at radius 1 is 0.969 bits per heavy atom. The minimum atomic E-state index is -0.775. The van der Waals surface area contributed by atoms with E-state index in [0.29, 0.717) is 43.7 Å². The molecule has 1 fully saturated rings. The van der Waals surface area contributed by atoms with Crippen LogP contribution < -0.4 is 14.8 Å². The van der Waals surface area contributed by atoms with E-state index in [-0.39, 0.29) is 24.5 Å². The van der Waals surface area contributed by atoms with Gasteiger partial charge in [0.1, 0.15) is 11.5 Å². The lowest BCUT2D eigenvalue weighted by Gasteiger charge is -2.32. The first-order chi connectivity index (χ1) is 15.5. The Morgan fingerprint density at radius 2 is 1.59 bits per heavy atom. The fourth-order valence-electron chi connectivity index (χ4n) is 3.53. The molecule has 32 heavy (non-hydrogen) atoms. The molecule has 0 spiro atoms. The van der Waals surface area contributed by atoms with E-state index < -0.39 is 6.16 Å². The van der Waals surface area contributed by atoms with Crippen LogP contribution in [0, 0.1) is 0 Å². The van der Waals surface area contributed by atoms with E-state index in [2.05, 4.69) is 5.32 Å². The predicted molar refractivity (Wildman–Crippen MR) is 118 cm³/mol. The zero-order valence-corrected chi connectivity index (χ0v) is 18.3. The Labute approximate surface area is 187 Å². The van der Waals surface area contributed by atoms with Crippen molar-refractivity contribution in [3.63, 3.8) is 0 Å². The van der Waals surface area contributed by atoms with E-state index in [4.69, 9.17) is 14.2 Å². The lowest BCUT2D eigenvalue weighted by atomic mass is 10.0. The predicted octanol–water partition coefficient (Wildman–Crippen LogP) is 3.19. The van der Waals surface area contributed by atoms with Crippen LogP contribution in [0.4, 0.5) is 4.79 Å². The number of benzene rings is 2. The highest BCUT2D eigenvalue weighted by molar-refractivity contribution is 5.94. The second-order valence-electron chi connectivity index (χ2n) is 7.47. The number of nitrogens with zero attached hydrogens (tertiary/aromatic N) is 1. The highest BCUT2D eigenvalue weighted by atomic mass is 16.7. The number of carbonyl (C=O) groups is 3. The Hall–Kier alpha value is -3.55. The molecule has 3 rings (SSSR count). The summed E-state index contributed by atoms with van der Waals surface area (Å²) in [6.45, 7) is 3.05. The Balaban J connectivity index is 1.44. The molecule has 1 N–H and O–H groups in total. The van der Waals surface area contributed by atoms with Gasteiger partial charge in [-0.05, 0) is 61.7 Å². The smallest absolute Gasteiger partial charge is 0.497 e. The lowest BCUT2D eigenvalue weighted by molar-refractivity contribution is -0.121. The fraction of sp³-hybridized carbons (Fsp3) is 0.375. The molecule has 1 saturated heterocycles. The molecule has 2 aromatic rings. The Morgan fingerprint density at radius 3 is 2.19 bits per heavy atom. The van der Waals surface area contributed by atoms with Crippen molar-refractivity contribution < 1.29 is 28.6 Å². The molecule has 0 unspecified atom stereocenters. The van der Waals surface area contributed by atoms with Crippen molar-refractivity contribution in [1.82, 2.24) is 10.2 Å². The van der Waals surface area contributed by atoms with Crippen molar-refractivity contribution in [2.45, 2.75) is 32.2 Å². The monoisotopic (exact) mass is 440 g/mol. The van der Waals surface area contributed by atoms with Gasteiger partial charge >= 0.3 is 6.16 Å². The van der Waals surface area contributed by atoms with Crippen molar-refractivity contribution in [2.24, 2.45) is 0 Å². The Kier molecular flexibility index (Phi) is 8.08. The maximum absolute atomic E-state index is 12.8. The van der Waals surface area contributed by atoms with Gasteiger partial charge < -0.3 is 24.4 Å². The zero-order chi connectivity index (χ0) is 22.9. The highest BCUT2D eigenvalue weighted by Crippen LogP contribution is 2.18. The fourth-order valence-corrected chi connectivity index (χ4v) is 3.53. The van der Waals surface area contributed by atoms with Crippen LogP contribution in [0.15, 0.2) is 48.5 Å². The van der Waals surface area contributed by atoms with Crippen molar-refractivity contribution in [3.8, 4) is 11.5 Å². The van der Waals surface area contributed by atoms with Gasteiger partial charge in [0, 0.05) is 24.7 Å². The number of methoxy groups -OCH3 is 1. The van der Waals surface area contributed by atoms with Gasteiger partial charge in [-0.1, -0.05) is 12.1 Å². The second-order valence-corrected chi connectivity index (χ2v) is 7.47. The minimum absolute atomic E-state index is 0.0304. The summed E-state index contributed by atoms with van der Waals surface area (Å²) >= 11 is 0. The third-order valence-electron chi connectivity index (χ3n) is 5.24.